The molecule has 196 valence electrons. The van der Waals surface area contributed by atoms with Crippen LogP contribution in [-0.2, 0) is 22.6 Å². The van der Waals surface area contributed by atoms with Gasteiger partial charge in [-0.05, 0) is 75.1 Å². The van der Waals surface area contributed by atoms with E-state index in [1.807, 2.05) is 83.1 Å². The summed E-state index contributed by atoms with van der Waals surface area (Å²) in [6.45, 7) is 9.54. The van der Waals surface area contributed by atoms with E-state index in [1.54, 1.807) is 23.1 Å². The van der Waals surface area contributed by atoms with Crippen molar-refractivity contribution in [2.24, 2.45) is 0 Å². The van der Waals surface area contributed by atoms with Crippen LogP contribution in [0, 0.1) is 13.8 Å². The zero-order chi connectivity index (χ0) is 27.2. The van der Waals surface area contributed by atoms with Crippen molar-refractivity contribution in [3.63, 3.8) is 0 Å². The Bertz CT molecular complexity index is 1240. The fraction of sp³-hybridized carbons (Fsp3) is 0.333. The number of carbonyl (C=O) groups is 2. The van der Waals surface area contributed by atoms with Gasteiger partial charge in [-0.1, -0.05) is 71.7 Å². The van der Waals surface area contributed by atoms with Gasteiger partial charge in [-0.25, -0.2) is 0 Å². The summed E-state index contributed by atoms with van der Waals surface area (Å²) in [5, 5.41) is 3.97. The lowest BCUT2D eigenvalue weighted by molar-refractivity contribution is -0.143. The summed E-state index contributed by atoms with van der Waals surface area (Å²) in [6, 6.07) is 19.8. The van der Waals surface area contributed by atoms with Gasteiger partial charge in [0.25, 0.3) is 5.91 Å². The second kappa shape index (κ2) is 12.5. The highest BCUT2D eigenvalue weighted by Crippen LogP contribution is 2.25. The minimum Gasteiger partial charge on any atom is -0.483 e. The normalized spacial score (nSPS) is 12.1. The second-order valence-corrected chi connectivity index (χ2v) is 11.1. The number of nitrogens with zero attached hydrogens (tertiary/aromatic N) is 1. The molecule has 3 aromatic rings. The average Bonchev–Trinajstić information content (AvgIpc) is 2.82. The van der Waals surface area contributed by atoms with Crippen LogP contribution in [0.3, 0.4) is 0 Å². The van der Waals surface area contributed by atoms with Gasteiger partial charge in [-0.15, -0.1) is 0 Å². The molecule has 0 aliphatic carbocycles. The number of amides is 2. The average molecular weight is 542 g/mol. The molecule has 1 N–H and O–H groups in total. The van der Waals surface area contributed by atoms with Crippen molar-refractivity contribution < 1.29 is 14.3 Å². The first-order chi connectivity index (χ1) is 17.4. The zero-order valence-electron chi connectivity index (χ0n) is 22.0. The summed E-state index contributed by atoms with van der Waals surface area (Å²) >= 11 is 12.6. The monoisotopic (exact) mass is 540 g/mol. The molecule has 0 radical (unpaired) electrons. The Kier molecular flexibility index (Phi) is 9.63. The fourth-order valence-corrected chi connectivity index (χ4v) is 4.39. The lowest BCUT2D eigenvalue weighted by Crippen LogP contribution is -2.55. The Morgan fingerprint density at radius 1 is 0.973 bits per heavy atom. The molecule has 0 bridgehead atoms. The Balaban J connectivity index is 1.98. The first kappa shape index (κ1) is 28.5. The van der Waals surface area contributed by atoms with E-state index in [0.29, 0.717) is 27.8 Å². The third-order valence-corrected chi connectivity index (χ3v) is 6.41. The maximum absolute atomic E-state index is 13.7. The molecular weight excluding hydrogens is 507 g/mol. The Morgan fingerprint density at radius 2 is 1.68 bits per heavy atom. The summed E-state index contributed by atoms with van der Waals surface area (Å²) in [4.78, 5) is 28.9. The molecule has 0 spiro atoms. The largest absolute Gasteiger partial charge is 0.483 e. The Morgan fingerprint density at radius 3 is 2.32 bits per heavy atom. The molecule has 0 saturated carbocycles. The second-order valence-electron chi connectivity index (χ2n) is 10.3. The third kappa shape index (κ3) is 8.51. The van der Waals surface area contributed by atoms with Crippen LogP contribution in [0.5, 0.6) is 5.75 Å². The minimum atomic E-state index is -0.789. The van der Waals surface area contributed by atoms with Crippen LogP contribution < -0.4 is 10.1 Å². The summed E-state index contributed by atoms with van der Waals surface area (Å²) in [6.07, 6.45) is 0.336. The van der Waals surface area contributed by atoms with Gasteiger partial charge in [0.1, 0.15) is 11.8 Å². The summed E-state index contributed by atoms with van der Waals surface area (Å²) < 4.78 is 5.95. The molecule has 0 aliphatic heterocycles. The molecule has 37 heavy (non-hydrogen) atoms. The van der Waals surface area contributed by atoms with Gasteiger partial charge in [0.05, 0.1) is 0 Å². The number of carbonyl (C=O) groups excluding carboxylic acids is 2. The first-order valence-corrected chi connectivity index (χ1v) is 13.0. The summed E-state index contributed by atoms with van der Waals surface area (Å²) in [5.74, 6) is 0.0648. The van der Waals surface area contributed by atoms with Gasteiger partial charge in [0.15, 0.2) is 6.61 Å². The molecule has 2 amide bonds. The van der Waals surface area contributed by atoms with E-state index in [1.165, 1.54) is 0 Å². The standard InChI is InChI=1S/C30H34Cl2N2O3/c1-20-11-12-21(2)27(15-20)37-19-28(35)34(18-23-13-14-24(31)17-25(23)32)26(29(36)33-30(3,4)5)16-22-9-7-6-8-10-22/h6-15,17,26H,16,18-19H2,1-5H3,(H,33,36)/t26-/m0/s1. The fourth-order valence-electron chi connectivity index (χ4n) is 3.93. The third-order valence-electron chi connectivity index (χ3n) is 5.82. The maximum Gasteiger partial charge on any atom is 0.261 e. The molecule has 0 heterocycles. The van der Waals surface area contributed by atoms with Crippen LogP contribution >= 0.6 is 23.2 Å². The van der Waals surface area contributed by atoms with Gasteiger partial charge in [0, 0.05) is 28.5 Å². The number of rotatable bonds is 9. The zero-order valence-corrected chi connectivity index (χ0v) is 23.5. The van der Waals surface area contributed by atoms with Crippen molar-refractivity contribution >= 4 is 35.0 Å². The highest BCUT2D eigenvalue weighted by molar-refractivity contribution is 6.35. The topological polar surface area (TPSA) is 58.6 Å². The Labute approximate surface area is 229 Å². The first-order valence-electron chi connectivity index (χ1n) is 12.2. The van der Waals surface area contributed by atoms with Crippen LogP contribution in [0.4, 0.5) is 0 Å². The van der Waals surface area contributed by atoms with Gasteiger partial charge in [-0.2, -0.15) is 0 Å². The van der Waals surface area contributed by atoms with E-state index in [-0.39, 0.29) is 25.0 Å². The van der Waals surface area contributed by atoms with Crippen LogP contribution in [0.2, 0.25) is 10.0 Å². The molecule has 7 heteroatoms. The highest BCUT2D eigenvalue weighted by atomic mass is 35.5. The molecule has 0 aromatic heterocycles. The van der Waals surface area contributed by atoms with Crippen molar-refractivity contribution in [1.29, 1.82) is 0 Å². The minimum absolute atomic E-state index is 0.125. The van der Waals surface area contributed by atoms with E-state index in [2.05, 4.69) is 5.32 Å². The molecule has 0 aliphatic rings. The van der Waals surface area contributed by atoms with Crippen LogP contribution in [0.25, 0.3) is 0 Å². The number of hydrogen-bond acceptors (Lipinski definition) is 3. The van der Waals surface area contributed by atoms with Crippen molar-refractivity contribution in [2.75, 3.05) is 6.61 Å². The van der Waals surface area contributed by atoms with E-state index in [4.69, 9.17) is 27.9 Å². The molecule has 0 saturated heterocycles. The van der Waals surface area contributed by atoms with Crippen molar-refractivity contribution in [1.82, 2.24) is 10.2 Å². The molecule has 0 fully saturated rings. The number of nitrogens with one attached hydrogen (secondary N) is 1. The van der Waals surface area contributed by atoms with Crippen molar-refractivity contribution in [3.05, 3.63) is 99.0 Å². The van der Waals surface area contributed by atoms with E-state index in [0.717, 1.165) is 16.7 Å². The van der Waals surface area contributed by atoms with Gasteiger partial charge >= 0.3 is 0 Å². The van der Waals surface area contributed by atoms with E-state index >= 15 is 0 Å². The van der Waals surface area contributed by atoms with Gasteiger partial charge < -0.3 is 15.0 Å². The van der Waals surface area contributed by atoms with Crippen molar-refractivity contribution in [3.8, 4) is 5.75 Å². The lowest BCUT2D eigenvalue weighted by Gasteiger charge is -2.34. The number of aryl methyl sites for hydroxylation is 2. The molecular formula is C30H34Cl2N2O3. The van der Waals surface area contributed by atoms with Crippen molar-refractivity contribution in [2.45, 2.75) is 59.2 Å². The summed E-state index contributed by atoms with van der Waals surface area (Å²) in [5.41, 5.74) is 3.11. The maximum atomic E-state index is 13.7. The van der Waals surface area contributed by atoms with E-state index < -0.39 is 11.6 Å². The predicted molar refractivity (Wildman–Crippen MR) is 150 cm³/mol. The molecule has 0 unspecified atom stereocenters. The predicted octanol–water partition coefficient (Wildman–Crippen LogP) is 6.54. The molecule has 3 aromatic carbocycles. The number of ether oxygens (including phenoxy) is 1. The molecule has 1 atom stereocenters. The van der Waals surface area contributed by atoms with Crippen LogP contribution in [-0.4, -0.2) is 34.9 Å². The number of hydrogen-bond donors (Lipinski definition) is 1. The molecule has 5 nitrogen and oxygen atoms in total. The summed E-state index contributed by atoms with van der Waals surface area (Å²) in [7, 11) is 0. The number of halogens is 2. The SMILES string of the molecule is Cc1ccc(C)c(OCC(=O)N(Cc2ccc(Cl)cc2Cl)[C@@H](Cc2ccccc2)C(=O)NC(C)(C)C)c1. The number of benzene rings is 3. The molecule has 3 rings (SSSR count). The van der Waals surface area contributed by atoms with E-state index in [9.17, 15) is 9.59 Å². The highest BCUT2D eigenvalue weighted by Gasteiger charge is 2.33. The smallest absolute Gasteiger partial charge is 0.261 e. The van der Waals surface area contributed by atoms with Gasteiger partial charge in [0.2, 0.25) is 5.91 Å². The quantitative estimate of drug-likeness (QED) is 0.335. The van der Waals surface area contributed by atoms with Crippen LogP contribution in [0.15, 0.2) is 66.7 Å². The van der Waals surface area contributed by atoms with Crippen LogP contribution in [0.1, 0.15) is 43.0 Å². The lowest BCUT2D eigenvalue weighted by atomic mass is 10.0. The van der Waals surface area contributed by atoms with Gasteiger partial charge in [-0.3, -0.25) is 9.59 Å². The Hall–Kier alpha value is -3.02.